The van der Waals surface area contributed by atoms with Crippen molar-refractivity contribution >= 4 is 5.96 Å². The third kappa shape index (κ3) is 5.34. The standard InChI is InChI=1S/C20H25FN6O2/c1-4-22-20(27(2)13-14-7-8-16(28-3)15(21)12-14)23-10-9-18-24-19(26-25-18)17-6-5-11-29-17/h5-8,11-12H,4,9-10,13H2,1-3H3,(H,22,23)(H,24,25,26). The van der Waals surface area contributed by atoms with Crippen LogP contribution in [-0.4, -0.2) is 53.3 Å². The van der Waals surface area contributed by atoms with Crippen LogP contribution in [0.4, 0.5) is 4.39 Å². The fourth-order valence-corrected chi connectivity index (χ4v) is 2.82. The van der Waals surface area contributed by atoms with Gasteiger partial charge in [0, 0.05) is 33.1 Å². The minimum absolute atomic E-state index is 0.234. The van der Waals surface area contributed by atoms with Crippen LogP contribution in [0, 0.1) is 5.82 Å². The highest BCUT2D eigenvalue weighted by Gasteiger charge is 2.11. The molecule has 2 heterocycles. The number of aliphatic imine (C=N–C) groups is 1. The maximum Gasteiger partial charge on any atom is 0.216 e. The number of ether oxygens (including phenoxy) is 1. The van der Waals surface area contributed by atoms with Gasteiger partial charge in [0.05, 0.1) is 13.4 Å². The van der Waals surface area contributed by atoms with Crippen molar-refractivity contribution in [3.63, 3.8) is 0 Å². The second-order valence-electron chi connectivity index (χ2n) is 6.39. The minimum Gasteiger partial charge on any atom is -0.494 e. The second-order valence-corrected chi connectivity index (χ2v) is 6.39. The summed E-state index contributed by atoms with van der Waals surface area (Å²) >= 11 is 0. The third-order valence-electron chi connectivity index (χ3n) is 4.22. The van der Waals surface area contributed by atoms with Gasteiger partial charge in [-0.15, -0.1) is 0 Å². The number of nitrogens with zero attached hydrogens (tertiary/aromatic N) is 4. The Labute approximate surface area is 168 Å². The van der Waals surface area contributed by atoms with E-state index in [4.69, 9.17) is 9.15 Å². The zero-order valence-electron chi connectivity index (χ0n) is 16.8. The molecule has 8 nitrogen and oxygen atoms in total. The van der Waals surface area contributed by atoms with Crippen molar-refractivity contribution < 1.29 is 13.5 Å². The molecule has 0 atom stereocenters. The predicted molar refractivity (Wildman–Crippen MR) is 108 cm³/mol. The molecule has 29 heavy (non-hydrogen) atoms. The highest BCUT2D eigenvalue weighted by molar-refractivity contribution is 5.79. The average molecular weight is 400 g/mol. The lowest BCUT2D eigenvalue weighted by atomic mass is 10.2. The smallest absolute Gasteiger partial charge is 0.216 e. The van der Waals surface area contributed by atoms with Crippen molar-refractivity contribution in [2.24, 2.45) is 4.99 Å². The van der Waals surface area contributed by atoms with Crippen LogP contribution in [0.1, 0.15) is 18.3 Å². The summed E-state index contributed by atoms with van der Waals surface area (Å²) in [4.78, 5) is 11.0. The Balaban J connectivity index is 1.60. The van der Waals surface area contributed by atoms with E-state index in [0.717, 1.165) is 23.9 Å². The summed E-state index contributed by atoms with van der Waals surface area (Å²) in [6.07, 6.45) is 2.19. The maximum atomic E-state index is 13.9. The molecular formula is C20H25FN6O2. The van der Waals surface area contributed by atoms with Crippen molar-refractivity contribution in [3.05, 3.63) is 53.8 Å². The van der Waals surface area contributed by atoms with Crippen molar-refractivity contribution in [3.8, 4) is 17.3 Å². The summed E-state index contributed by atoms with van der Waals surface area (Å²) in [5, 5.41) is 10.3. The summed E-state index contributed by atoms with van der Waals surface area (Å²) in [6.45, 7) is 3.77. The van der Waals surface area contributed by atoms with Crippen molar-refractivity contribution in [2.75, 3.05) is 27.2 Å². The lowest BCUT2D eigenvalue weighted by molar-refractivity contribution is 0.385. The highest BCUT2D eigenvalue weighted by atomic mass is 19.1. The number of halogens is 1. The molecule has 0 aliphatic carbocycles. The van der Waals surface area contributed by atoms with Gasteiger partial charge in [-0.1, -0.05) is 6.07 Å². The number of hydrogen-bond donors (Lipinski definition) is 2. The molecule has 2 N–H and O–H groups in total. The Kier molecular flexibility index (Phi) is 6.83. The van der Waals surface area contributed by atoms with Crippen LogP contribution in [-0.2, 0) is 13.0 Å². The summed E-state index contributed by atoms with van der Waals surface area (Å²) in [6, 6.07) is 8.55. The van der Waals surface area contributed by atoms with Gasteiger partial charge in [0.25, 0.3) is 0 Å². The molecule has 0 aliphatic rings. The summed E-state index contributed by atoms with van der Waals surface area (Å²) < 4.78 is 24.2. The number of aromatic nitrogens is 3. The molecule has 9 heteroatoms. The number of benzene rings is 1. The number of H-pyrrole nitrogens is 1. The normalized spacial score (nSPS) is 11.5. The number of aromatic amines is 1. The molecule has 154 valence electrons. The molecule has 3 aromatic rings. The third-order valence-corrected chi connectivity index (χ3v) is 4.22. The van der Waals surface area contributed by atoms with Crippen LogP contribution in [0.2, 0.25) is 0 Å². The van der Waals surface area contributed by atoms with E-state index in [1.165, 1.54) is 13.2 Å². The molecule has 0 aliphatic heterocycles. The van der Waals surface area contributed by atoms with E-state index in [9.17, 15) is 4.39 Å². The molecule has 0 spiro atoms. The van der Waals surface area contributed by atoms with Gasteiger partial charge < -0.3 is 19.4 Å². The van der Waals surface area contributed by atoms with Gasteiger partial charge in [-0.25, -0.2) is 9.37 Å². The van der Waals surface area contributed by atoms with Crippen LogP contribution in [0.3, 0.4) is 0 Å². The van der Waals surface area contributed by atoms with Crippen LogP contribution < -0.4 is 10.1 Å². The fraction of sp³-hybridized carbons (Fsp3) is 0.350. The number of hydrogen-bond acceptors (Lipinski definition) is 5. The molecule has 3 rings (SSSR count). The van der Waals surface area contributed by atoms with Crippen LogP contribution in [0.25, 0.3) is 11.6 Å². The van der Waals surface area contributed by atoms with Crippen LogP contribution in [0.15, 0.2) is 46.0 Å². The van der Waals surface area contributed by atoms with Gasteiger partial charge in [0.15, 0.2) is 23.3 Å². The number of guanidine groups is 1. The van der Waals surface area contributed by atoms with E-state index < -0.39 is 0 Å². The summed E-state index contributed by atoms with van der Waals surface area (Å²) in [5.74, 6) is 2.47. The molecule has 0 bridgehead atoms. The Hall–Kier alpha value is -3.36. The molecule has 0 radical (unpaired) electrons. The Morgan fingerprint density at radius 3 is 2.93 bits per heavy atom. The van der Waals surface area contributed by atoms with Crippen molar-refractivity contribution in [2.45, 2.75) is 19.9 Å². The first-order valence-corrected chi connectivity index (χ1v) is 9.37. The molecule has 0 fully saturated rings. The molecule has 0 amide bonds. The Bertz CT molecular complexity index is 938. The molecule has 1 aromatic carbocycles. The predicted octanol–water partition coefficient (Wildman–Crippen LogP) is 2.85. The van der Waals surface area contributed by atoms with E-state index in [0.29, 0.717) is 31.1 Å². The topological polar surface area (TPSA) is 91.6 Å². The van der Waals surface area contributed by atoms with Crippen LogP contribution >= 0.6 is 0 Å². The molecule has 0 unspecified atom stereocenters. The highest BCUT2D eigenvalue weighted by Crippen LogP contribution is 2.18. The van der Waals surface area contributed by atoms with E-state index in [-0.39, 0.29) is 11.6 Å². The first-order chi connectivity index (χ1) is 14.1. The number of methoxy groups -OCH3 is 1. The average Bonchev–Trinajstić information content (AvgIpc) is 3.39. The van der Waals surface area contributed by atoms with Gasteiger partial charge in [-0.2, -0.15) is 5.10 Å². The van der Waals surface area contributed by atoms with Gasteiger partial charge in [-0.05, 0) is 36.8 Å². The lowest BCUT2D eigenvalue weighted by Gasteiger charge is -2.22. The molecular weight excluding hydrogens is 375 g/mol. The van der Waals surface area contributed by atoms with E-state index in [2.05, 4.69) is 25.5 Å². The number of nitrogens with one attached hydrogen (secondary N) is 2. The molecule has 0 saturated heterocycles. The van der Waals surface area contributed by atoms with Gasteiger partial charge in [-0.3, -0.25) is 10.1 Å². The van der Waals surface area contributed by atoms with Crippen molar-refractivity contribution in [1.82, 2.24) is 25.4 Å². The monoisotopic (exact) mass is 400 g/mol. The minimum atomic E-state index is -0.377. The number of furan rings is 1. The second kappa shape index (κ2) is 9.72. The fourth-order valence-electron chi connectivity index (χ4n) is 2.82. The lowest BCUT2D eigenvalue weighted by Crippen LogP contribution is -2.38. The van der Waals surface area contributed by atoms with E-state index in [1.54, 1.807) is 18.4 Å². The van der Waals surface area contributed by atoms with Gasteiger partial charge in [0.1, 0.15) is 5.82 Å². The van der Waals surface area contributed by atoms with Crippen LogP contribution in [0.5, 0.6) is 5.75 Å². The molecule has 2 aromatic heterocycles. The SMILES string of the molecule is CCNC(=NCCc1nc(-c2ccco2)n[nH]1)N(C)Cc1ccc(OC)c(F)c1. The Morgan fingerprint density at radius 1 is 1.38 bits per heavy atom. The maximum absolute atomic E-state index is 13.9. The quantitative estimate of drug-likeness (QED) is 0.446. The zero-order chi connectivity index (χ0) is 20.6. The first kappa shape index (κ1) is 20.4. The summed E-state index contributed by atoms with van der Waals surface area (Å²) in [5.41, 5.74) is 0.828. The van der Waals surface area contributed by atoms with Gasteiger partial charge >= 0.3 is 0 Å². The van der Waals surface area contributed by atoms with E-state index >= 15 is 0 Å². The Morgan fingerprint density at radius 2 is 2.24 bits per heavy atom. The first-order valence-electron chi connectivity index (χ1n) is 9.37. The largest absolute Gasteiger partial charge is 0.494 e. The van der Waals surface area contributed by atoms with E-state index in [1.807, 2.05) is 31.0 Å². The number of rotatable bonds is 8. The molecule has 0 saturated carbocycles. The summed E-state index contributed by atoms with van der Waals surface area (Å²) in [7, 11) is 3.36. The zero-order valence-corrected chi connectivity index (χ0v) is 16.8. The van der Waals surface area contributed by atoms with Gasteiger partial charge in [0.2, 0.25) is 5.82 Å². The van der Waals surface area contributed by atoms with Crippen molar-refractivity contribution in [1.29, 1.82) is 0 Å².